The predicted molar refractivity (Wildman–Crippen MR) is 137 cm³/mol. The number of hydrogen-bond donors (Lipinski definition) is 1. The molecule has 0 aliphatic carbocycles. The van der Waals surface area contributed by atoms with Gasteiger partial charge in [-0.15, -0.1) is 0 Å². The first-order valence-electron chi connectivity index (χ1n) is 12.7. The molecule has 0 saturated carbocycles. The molecule has 0 aromatic carbocycles. The van der Waals surface area contributed by atoms with Gasteiger partial charge in [-0.05, 0) is 56.7 Å². The number of carbonyl (C=O) groups excluding carboxylic acids is 1. The Morgan fingerprint density at radius 3 is 2.81 bits per heavy atom. The molecule has 6 heterocycles. The van der Waals surface area contributed by atoms with E-state index in [1.54, 1.807) is 16.9 Å². The van der Waals surface area contributed by atoms with Crippen molar-refractivity contribution in [2.45, 2.75) is 44.8 Å². The summed E-state index contributed by atoms with van der Waals surface area (Å²) < 4.78 is 9.43. The number of carbonyl (C=O) groups is 1. The van der Waals surface area contributed by atoms with Gasteiger partial charge in [-0.1, -0.05) is 6.07 Å². The summed E-state index contributed by atoms with van der Waals surface area (Å²) in [6.07, 6.45) is 12.2. The lowest BCUT2D eigenvalue weighted by molar-refractivity contribution is -0.0394. The van der Waals surface area contributed by atoms with Crippen molar-refractivity contribution in [3.63, 3.8) is 0 Å². The number of nitrogens with one attached hydrogen (secondary N) is 1. The van der Waals surface area contributed by atoms with Crippen molar-refractivity contribution in [3.8, 4) is 11.3 Å². The molecule has 2 saturated heterocycles. The van der Waals surface area contributed by atoms with Crippen molar-refractivity contribution in [2.24, 2.45) is 7.05 Å². The minimum Gasteiger partial charge on any atom is -0.357 e. The second-order valence-electron chi connectivity index (χ2n) is 9.52. The molecule has 1 amide bonds. The Labute approximate surface area is 209 Å². The smallest absolute Gasteiger partial charge is 0.274 e. The van der Waals surface area contributed by atoms with Crippen molar-refractivity contribution in [1.82, 2.24) is 29.5 Å². The van der Waals surface area contributed by atoms with Crippen LogP contribution in [0.4, 0.5) is 11.5 Å². The highest BCUT2D eigenvalue weighted by Crippen LogP contribution is 2.30. The highest BCUT2D eigenvalue weighted by atomic mass is 16.5. The molecule has 2 fully saturated rings. The summed E-state index contributed by atoms with van der Waals surface area (Å²) in [5, 5.41) is 12.9. The van der Waals surface area contributed by atoms with Crippen LogP contribution in [0.25, 0.3) is 22.3 Å². The Kier molecular flexibility index (Phi) is 6.10. The Morgan fingerprint density at radius 2 is 1.97 bits per heavy atom. The van der Waals surface area contributed by atoms with Crippen molar-refractivity contribution in [1.29, 1.82) is 0 Å². The number of aryl methyl sites for hydroxylation is 1. The molecular formula is C26H30N8O2. The van der Waals surface area contributed by atoms with E-state index >= 15 is 0 Å². The molecule has 6 rings (SSSR count). The fourth-order valence-corrected chi connectivity index (χ4v) is 4.97. The number of rotatable bonds is 5. The number of anilines is 2. The molecule has 2 aliphatic heterocycles. The second kappa shape index (κ2) is 9.69. The SMILES string of the molecule is Cn1cc2cc(NC(=O)c3cccc(-c4cnn(C5CCCCO5)c4)n3)c(N3CCCCC3)nc2n1. The van der Waals surface area contributed by atoms with Gasteiger partial charge in [0.1, 0.15) is 11.9 Å². The van der Waals surface area contributed by atoms with E-state index in [-0.39, 0.29) is 12.1 Å². The van der Waals surface area contributed by atoms with Crippen LogP contribution in [0.2, 0.25) is 0 Å². The number of fused-ring (bicyclic) bond motifs is 1. The van der Waals surface area contributed by atoms with Crippen molar-refractivity contribution >= 4 is 28.4 Å². The Morgan fingerprint density at radius 1 is 1.08 bits per heavy atom. The van der Waals surface area contributed by atoms with E-state index in [9.17, 15) is 4.79 Å². The lowest BCUT2D eigenvalue weighted by atomic mass is 10.1. The van der Waals surface area contributed by atoms with Crippen molar-refractivity contribution in [3.05, 3.63) is 48.5 Å². The zero-order chi connectivity index (χ0) is 24.5. The van der Waals surface area contributed by atoms with Crippen LogP contribution in [0, 0.1) is 0 Å². The lowest BCUT2D eigenvalue weighted by Gasteiger charge is -2.29. The van der Waals surface area contributed by atoms with Crippen LogP contribution >= 0.6 is 0 Å². The maximum atomic E-state index is 13.3. The van der Waals surface area contributed by atoms with Crippen LogP contribution in [0.3, 0.4) is 0 Å². The van der Waals surface area contributed by atoms with Gasteiger partial charge >= 0.3 is 0 Å². The van der Waals surface area contributed by atoms with Crippen LogP contribution in [0.1, 0.15) is 55.2 Å². The summed E-state index contributed by atoms with van der Waals surface area (Å²) in [7, 11) is 1.87. The molecule has 0 bridgehead atoms. The first kappa shape index (κ1) is 22.7. The first-order valence-corrected chi connectivity index (χ1v) is 12.7. The van der Waals surface area contributed by atoms with Crippen LogP contribution in [0.5, 0.6) is 0 Å². The van der Waals surface area contributed by atoms with Gasteiger partial charge in [-0.25, -0.2) is 14.6 Å². The van der Waals surface area contributed by atoms with E-state index in [1.807, 2.05) is 42.3 Å². The Balaban J connectivity index is 1.27. The van der Waals surface area contributed by atoms with Gasteiger partial charge in [0.15, 0.2) is 11.5 Å². The maximum Gasteiger partial charge on any atom is 0.274 e. The second-order valence-corrected chi connectivity index (χ2v) is 9.52. The minimum atomic E-state index is -0.275. The number of pyridine rings is 2. The average molecular weight is 487 g/mol. The molecule has 1 atom stereocenters. The molecule has 1 N–H and O–H groups in total. The molecule has 10 heteroatoms. The van der Waals surface area contributed by atoms with Crippen LogP contribution < -0.4 is 10.2 Å². The number of hydrogen-bond acceptors (Lipinski definition) is 7. The molecule has 186 valence electrons. The average Bonchev–Trinajstić information content (AvgIpc) is 3.55. The monoisotopic (exact) mass is 486 g/mol. The van der Waals surface area contributed by atoms with E-state index in [4.69, 9.17) is 9.72 Å². The highest BCUT2D eigenvalue weighted by molar-refractivity contribution is 6.05. The maximum absolute atomic E-state index is 13.3. The summed E-state index contributed by atoms with van der Waals surface area (Å²) in [5.41, 5.74) is 3.24. The van der Waals surface area contributed by atoms with Gasteiger partial charge in [0, 0.05) is 50.1 Å². The van der Waals surface area contributed by atoms with Crippen LogP contribution in [0.15, 0.2) is 42.9 Å². The molecule has 1 unspecified atom stereocenters. The summed E-state index contributed by atoms with van der Waals surface area (Å²) in [5.74, 6) is 0.488. The molecule has 4 aromatic heterocycles. The molecular weight excluding hydrogens is 456 g/mol. The number of aromatic nitrogens is 6. The fraction of sp³-hybridized carbons (Fsp3) is 0.423. The normalized spacial score (nSPS) is 18.5. The summed E-state index contributed by atoms with van der Waals surface area (Å²) >= 11 is 0. The first-order chi connectivity index (χ1) is 17.6. The van der Waals surface area contributed by atoms with Gasteiger partial charge < -0.3 is 15.0 Å². The molecule has 0 spiro atoms. The molecule has 10 nitrogen and oxygen atoms in total. The van der Waals surface area contributed by atoms with Crippen LogP contribution in [-0.2, 0) is 11.8 Å². The highest BCUT2D eigenvalue weighted by Gasteiger charge is 2.21. The quantitative estimate of drug-likeness (QED) is 0.452. The predicted octanol–water partition coefficient (Wildman–Crippen LogP) is 4.17. The summed E-state index contributed by atoms with van der Waals surface area (Å²) in [6, 6.07) is 7.42. The van der Waals surface area contributed by atoms with Gasteiger partial charge in [0.25, 0.3) is 5.91 Å². The van der Waals surface area contributed by atoms with Gasteiger partial charge in [0.2, 0.25) is 0 Å². The zero-order valence-corrected chi connectivity index (χ0v) is 20.4. The minimum absolute atomic E-state index is 0.0397. The summed E-state index contributed by atoms with van der Waals surface area (Å²) in [4.78, 5) is 25.0. The van der Waals surface area contributed by atoms with Gasteiger partial charge in [-0.2, -0.15) is 10.2 Å². The van der Waals surface area contributed by atoms with Crippen molar-refractivity contribution < 1.29 is 9.53 Å². The molecule has 4 aromatic rings. The van der Waals surface area contributed by atoms with E-state index in [0.29, 0.717) is 22.7 Å². The number of amides is 1. The molecule has 0 radical (unpaired) electrons. The molecule has 36 heavy (non-hydrogen) atoms. The number of piperidine rings is 1. The fourth-order valence-electron chi connectivity index (χ4n) is 4.97. The van der Waals surface area contributed by atoms with E-state index in [1.165, 1.54) is 6.42 Å². The Bertz CT molecular complexity index is 1380. The van der Waals surface area contributed by atoms with E-state index in [2.05, 4.69) is 25.4 Å². The standard InChI is InChI=1S/C26H30N8O2/c1-32-16-18-14-22(25(30-24(18)31-32)33-11-4-2-5-12-33)29-26(35)21-9-7-8-20(28-21)19-15-27-34(17-19)23-10-3-6-13-36-23/h7-9,14-17,23H,2-6,10-13H2,1H3,(H,29,35). The zero-order valence-electron chi connectivity index (χ0n) is 20.4. The third kappa shape index (κ3) is 4.56. The van der Waals surface area contributed by atoms with Crippen molar-refractivity contribution in [2.75, 3.05) is 29.9 Å². The van der Waals surface area contributed by atoms with Gasteiger partial charge in [-0.3, -0.25) is 9.48 Å². The topological polar surface area (TPSA) is 103 Å². The van der Waals surface area contributed by atoms with E-state index in [0.717, 1.165) is 68.6 Å². The third-order valence-electron chi connectivity index (χ3n) is 6.82. The van der Waals surface area contributed by atoms with Crippen LogP contribution in [-0.4, -0.2) is 55.1 Å². The molecule has 2 aliphatic rings. The summed E-state index contributed by atoms with van der Waals surface area (Å²) in [6.45, 7) is 2.58. The lowest BCUT2D eigenvalue weighted by Crippen LogP contribution is -2.31. The van der Waals surface area contributed by atoms with Gasteiger partial charge in [0.05, 0.1) is 17.6 Å². The largest absolute Gasteiger partial charge is 0.357 e. The van der Waals surface area contributed by atoms with E-state index < -0.39 is 0 Å². The number of ether oxygens (including phenoxy) is 1. The Hall–Kier alpha value is -3.79. The third-order valence-corrected chi connectivity index (χ3v) is 6.82. The number of nitrogens with zero attached hydrogens (tertiary/aromatic N) is 7.